The monoisotopic (exact) mass is 296 g/mol. The van der Waals surface area contributed by atoms with Gasteiger partial charge in [0.25, 0.3) is 0 Å². The lowest BCUT2D eigenvalue weighted by molar-refractivity contribution is -0.247. The van der Waals surface area contributed by atoms with E-state index in [0.717, 1.165) is 18.4 Å². The summed E-state index contributed by atoms with van der Waals surface area (Å²) in [7, 11) is 0. The number of esters is 1. The summed E-state index contributed by atoms with van der Waals surface area (Å²) in [6.45, 7) is 3.83. The van der Waals surface area contributed by atoms with E-state index in [-0.39, 0.29) is 30.4 Å². The quantitative estimate of drug-likeness (QED) is 0.233. The Balaban J connectivity index is 2.19. The van der Waals surface area contributed by atoms with E-state index in [1.165, 1.54) is 0 Å². The standard InChI is InChI=1S/C16H24O5/c1-12(2)21-16(18)8-6-4-3-5-7-14-9-13(11-20-19)10-15(14)17/h3,5,9,12-13,19H,4,6-8,10-11H2,1-2H3/b5-3-/t13-/m0/s1. The topological polar surface area (TPSA) is 72.8 Å². The van der Waals surface area contributed by atoms with Crippen LogP contribution in [0.1, 0.15) is 46.0 Å². The molecule has 1 rings (SSSR count). The molecule has 0 aromatic carbocycles. The van der Waals surface area contributed by atoms with Crippen LogP contribution in [0.25, 0.3) is 0 Å². The minimum absolute atomic E-state index is 0.0169. The van der Waals surface area contributed by atoms with E-state index in [1.54, 1.807) is 0 Å². The normalized spacial score (nSPS) is 18.6. The molecule has 118 valence electrons. The Bertz CT molecular complexity index is 409. The number of hydrogen-bond acceptors (Lipinski definition) is 5. The Kier molecular flexibility index (Phi) is 7.93. The summed E-state index contributed by atoms with van der Waals surface area (Å²) in [5.41, 5.74) is 0.771. The van der Waals surface area contributed by atoms with Crippen molar-refractivity contribution in [2.75, 3.05) is 6.61 Å². The van der Waals surface area contributed by atoms with Gasteiger partial charge in [-0.1, -0.05) is 18.2 Å². The highest BCUT2D eigenvalue weighted by molar-refractivity contribution is 5.98. The molecule has 1 N–H and O–H groups in total. The first-order chi connectivity index (χ1) is 10.0. The average molecular weight is 296 g/mol. The fourth-order valence-corrected chi connectivity index (χ4v) is 2.20. The van der Waals surface area contributed by atoms with Crippen LogP contribution < -0.4 is 0 Å². The molecule has 0 radical (unpaired) electrons. The second kappa shape index (κ2) is 9.47. The van der Waals surface area contributed by atoms with E-state index < -0.39 is 0 Å². The van der Waals surface area contributed by atoms with E-state index in [9.17, 15) is 9.59 Å². The van der Waals surface area contributed by atoms with Crippen molar-refractivity contribution >= 4 is 11.8 Å². The third-order valence-corrected chi connectivity index (χ3v) is 3.15. The molecule has 1 atom stereocenters. The molecule has 0 heterocycles. The minimum Gasteiger partial charge on any atom is -0.463 e. The Labute approximate surface area is 125 Å². The number of ketones is 1. The van der Waals surface area contributed by atoms with Crippen molar-refractivity contribution < 1.29 is 24.5 Å². The van der Waals surface area contributed by atoms with Crippen LogP contribution in [0.3, 0.4) is 0 Å². The second-order valence-corrected chi connectivity index (χ2v) is 5.48. The molecule has 0 saturated heterocycles. The highest BCUT2D eigenvalue weighted by Gasteiger charge is 2.23. The van der Waals surface area contributed by atoms with Gasteiger partial charge in [0, 0.05) is 18.8 Å². The molecule has 21 heavy (non-hydrogen) atoms. The Morgan fingerprint density at radius 2 is 2.24 bits per heavy atom. The molecular weight excluding hydrogens is 272 g/mol. The molecule has 0 saturated carbocycles. The predicted molar refractivity (Wildman–Crippen MR) is 78.6 cm³/mol. The molecule has 0 unspecified atom stereocenters. The smallest absolute Gasteiger partial charge is 0.306 e. The van der Waals surface area contributed by atoms with Gasteiger partial charge in [-0.3, -0.25) is 14.8 Å². The summed E-state index contributed by atoms with van der Waals surface area (Å²) in [6.07, 6.45) is 8.68. The zero-order valence-electron chi connectivity index (χ0n) is 12.7. The Morgan fingerprint density at radius 1 is 1.48 bits per heavy atom. The highest BCUT2D eigenvalue weighted by Crippen LogP contribution is 2.23. The van der Waals surface area contributed by atoms with Gasteiger partial charge in [0.2, 0.25) is 0 Å². The molecule has 0 aromatic rings. The van der Waals surface area contributed by atoms with Crippen LogP contribution >= 0.6 is 0 Å². The molecule has 5 heteroatoms. The first-order valence-electron chi connectivity index (χ1n) is 7.37. The molecule has 0 aliphatic heterocycles. The lowest BCUT2D eigenvalue weighted by Crippen LogP contribution is -2.10. The van der Waals surface area contributed by atoms with Crippen molar-refractivity contribution in [1.29, 1.82) is 0 Å². The van der Waals surface area contributed by atoms with Gasteiger partial charge in [0.15, 0.2) is 5.78 Å². The number of hydrogen-bond donors (Lipinski definition) is 1. The SMILES string of the molecule is CC(C)OC(=O)CCC/C=C\CC1=C[C@H](COO)CC1=O. The zero-order valence-corrected chi connectivity index (χ0v) is 12.7. The number of unbranched alkanes of at least 4 members (excludes halogenated alkanes) is 1. The summed E-state index contributed by atoms with van der Waals surface area (Å²) in [4.78, 5) is 27.0. The average Bonchev–Trinajstić information content (AvgIpc) is 2.73. The molecule has 1 aliphatic rings. The maximum Gasteiger partial charge on any atom is 0.306 e. The summed E-state index contributed by atoms with van der Waals surface area (Å²) in [6, 6.07) is 0. The van der Waals surface area contributed by atoms with Gasteiger partial charge < -0.3 is 4.74 Å². The molecule has 0 amide bonds. The largest absolute Gasteiger partial charge is 0.463 e. The van der Waals surface area contributed by atoms with Crippen LogP contribution in [-0.4, -0.2) is 29.7 Å². The maximum atomic E-state index is 11.7. The first kappa shape index (κ1) is 17.6. The van der Waals surface area contributed by atoms with E-state index in [1.807, 2.05) is 32.1 Å². The van der Waals surface area contributed by atoms with Gasteiger partial charge in [0.1, 0.15) is 0 Å². The van der Waals surface area contributed by atoms with Gasteiger partial charge in [0.05, 0.1) is 12.7 Å². The van der Waals surface area contributed by atoms with E-state index in [4.69, 9.17) is 9.99 Å². The van der Waals surface area contributed by atoms with Gasteiger partial charge in [-0.25, -0.2) is 4.89 Å². The first-order valence-corrected chi connectivity index (χ1v) is 7.37. The van der Waals surface area contributed by atoms with Crippen molar-refractivity contribution in [1.82, 2.24) is 0 Å². The predicted octanol–water partition coefficient (Wildman–Crippen LogP) is 3.06. The fraction of sp³-hybridized carbons (Fsp3) is 0.625. The number of allylic oxidation sites excluding steroid dienone is 3. The number of Topliss-reactive ketones (excluding diaryl/α,β-unsaturated/α-hetero) is 1. The van der Waals surface area contributed by atoms with Crippen LogP contribution in [0, 0.1) is 5.92 Å². The second-order valence-electron chi connectivity index (χ2n) is 5.48. The van der Waals surface area contributed by atoms with Crippen LogP contribution in [-0.2, 0) is 19.2 Å². The fourth-order valence-electron chi connectivity index (χ4n) is 2.20. The molecule has 0 spiro atoms. The minimum atomic E-state index is -0.168. The summed E-state index contributed by atoms with van der Waals surface area (Å²) in [5.74, 6) is -0.0714. The van der Waals surface area contributed by atoms with Crippen molar-refractivity contribution in [3.8, 4) is 0 Å². The Morgan fingerprint density at radius 3 is 2.90 bits per heavy atom. The summed E-state index contributed by atoms with van der Waals surface area (Å²) < 4.78 is 5.04. The van der Waals surface area contributed by atoms with E-state index >= 15 is 0 Å². The Hall–Kier alpha value is -1.46. The number of carbonyl (C=O) groups is 2. The maximum absolute atomic E-state index is 11.7. The van der Waals surface area contributed by atoms with Crippen molar-refractivity contribution in [2.45, 2.75) is 52.1 Å². The van der Waals surface area contributed by atoms with Gasteiger partial charge in [-0.05, 0) is 38.7 Å². The molecule has 1 aliphatic carbocycles. The van der Waals surface area contributed by atoms with Gasteiger partial charge in [-0.15, -0.1) is 0 Å². The molecule has 0 fully saturated rings. The summed E-state index contributed by atoms with van der Waals surface area (Å²) >= 11 is 0. The van der Waals surface area contributed by atoms with Crippen LogP contribution in [0.4, 0.5) is 0 Å². The lowest BCUT2D eigenvalue weighted by Gasteiger charge is -2.06. The number of rotatable bonds is 9. The highest BCUT2D eigenvalue weighted by atomic mass is 17.1. The third-order valence-electron chi connectivity index (χ3n) is 3.15. The number of carbonyl (C=O) groups excluding carboxylic acids is 2. The summed E-state index contributed by atoms with van der Waals surface area (Å²) in [5, 5.41) is 8.38. The van der Waals surface area contributed by atoms with Crippen LogP contribution in [0.15, 0.2) is 23.8 Å². The lowest BCUT2D eigenvalue weighted by atomic mass is 10.1. The van der Waals surface area contributed by atoms with Crippen molar-refractivity contribution in [3.05, 3.63) is 23.8 Å². The van der Waals surface area contributed by atoms with Crippen LogP contribution in [0.5, 0.6) is 0 Å². The van der Waals surface area contributed by atoms with Gasteiger partial charge >= 0.3 is 5.97 Å². The molecular formula is C16H24O5. The molecule has 0 aromatic heterocycles. The van der Waals surface area contributed by atoms with E-state index in [0.29, 0.717) is 19.3 Å². The molecule has 5 nitrogen and oxygen atoms in total. The van der Waals surface area contributed by atoms with Crippen molar-refractivity contribution in [2.24, 2.45) is 5.92 Å². The molecule has 0 bridgehead atoms. The van der Waals surface area contributed by atoms with Crippen LogP contribution in [0.2, 0.25) is 0 Å². The zero-order chi connectivity index (χ0) is 15.7. The van der Waals surface area contributed by atoms with Crippen molar-refractivity contribution in [3.63, 3.8) is 0 Å². The van der Waals surface area contributed by atoms with Gasteiger partial charge in [-0.2, -0.15) is 0 Å². The van der Waals surface area contributed by atoms with E-state index in [2.05, 4.69) is 4.89 Å². The number of ether oxygens (including phenoxy) is 1. The third kappa shape index (κ3) is 7.20.